The number of aryl methyl sites for hydroxylation is 2. The van der Waals surface area contributed by atoms with E-state index in [2.05, 4.69) is 31.2 Å². The number of allylic oxidation sites excluding steroid dienone is 1. The van der Waals surface area contributed by atoms with E-state index in [-0.39, 0.29) is 6.42 Å². The molecule has 0 aromatic heterocycles. The minimum absolute atomic E-state index is 0.216. The van der Waals surface area contributed by atoms with Crippen LogP contribution in [0.25, 0.3) is 5.57 Å². The van der Waals surface area contributed by atoms with Crippen LogP contribution in [-0.2, 0) is 11.2 Å². The normalized spacial score (nSPS) is 14.6. The van der Waals surface area contributed by atoms with Gasteiger partial charge in [-0.1, -0.05) is 48.4 Å². The van der Waals surface area contributed by atoms with Crippen LogP contribution in [0.1, 0.15) is 61.6 Å². The maximum atomic E-state index is 10.6. The predicted molar refractivity (Wildman–Crippen MR) is 114 cm³/mol. The van der Waals surface area contributed by atoms with Crippen molar-refractivity contribution in [2.24, 2.45) is 0 Å². The van der Waals surface area contributed by atoms with Crippen molar-refractivity contribution in [3.05, 3.63) is 70.8 Å². The first kappa shape index (κ1) is 20.2. The number of ether oxygens (including phenoxy) is 1. The fourth-order valence-corrected chi connectivity index (χ4v) is 3.85. The molecular weight excluding hydrogens is 348 g/mol. The van der Waals surface area contributed by atoms with Crippen LogP contribution in [0.4, 0.5) is 0 Å². The van der Waals surface area contributed by atoms with E-state index in [1.54, 1.807) is 0 Å². The third kappa shape index (κ3) is 5.98. The highest BCUT2D eigenvalue weighted by Gasteiger charge is 2.14. The number of aliphatic carboxylic acids is 1. The zero-order valence-corrected chi connectivity index (χ0v) is 16.7. The first-order valence-electron chi connectivity index (χ1n) is 10.3. The number of rotatable bonds is 8. The van der Waals surface area contributed by atoms with Crippen LogP contribution in [-0.4, -0.2) is 17.7 Å². The highest BCUT2D eigenvalue weighted by Crippen LogP contribution is 2.32. The minimum Gasteiger partial charge on any atom is -0.489 e. The Labute approximate surface area is 168 Å². The number of carboxylic acids is 1. The van der Waals surface area contributed by atoms with Gasteiger partial charge in [-0.3, -0.25) is 4.79 Å². The monoisotopic (exact) mass is 378 g/mol. The molecule has 0 heterocycles. The summed E-state index contributed by atoms with van der Waals surface area (Å²) in [5, 5.41) is 8.74. The lowest BCUT2D eigenvalue weighted by Gasteiger charge is -2.15. The fraction of sp³-hybridized carbons (Fsp3) is 0.400. The van der Waals surface area contributed by atoms with E-state index >= 15 is 0 Å². The van der Waals surface area contributed by atoms with Gasteiger partial charge in [-0.2, -0.15) is 0 Å². The minimum atomic E-state index is -0.735. The Morgan fingerprint density at radius 3 is 2.57 bits per heavy atom. The molecule has 3 nitrogen and oxygen atoms in total. The van der Waals surface area contributed by atoms with Crippen molar-refractivity contribution in [3.8, 4) is 5.75 Å². The van der Waals surface area contributed by atoms with Gasteiger partial charge in [-0.15, -0.1) is 0 Å². The zero-order valence-electron chi connectivity index (χ0n) is 16.7. The average Bonchev–Trinajstić information content (AvgIpc) is 2.92. The predicted octanol–water partition coefficient (Wildman–Crippen LogP) is 6.20. The zero-order chi connectivity index (χ0) is 19.8. The second-order valence-corrected chi connectivity index (χ2v) is 7.69. The quantitative estimate of drug-likeness (QED) is 0.595. The SMILES string of the molecule is Cc1cccc(C2=C(COc3ccc(CCCC(=O)O)cc3)CCCCC2)c1. The van der Waals surface area contributed by atoms with Crippen molar-refractivity contribution < 1.29 is 14.6 Å². The Morgan fingerprint density at radius 1 is 1.04 bits per heavy atom. The Kier molecular flexibility index (Phi) is 7.30. The van der Waals surface area contributed by atoms with Crippen LogP contribution in [0.2, 0.25) is 0 Å². The van der Waals surface area contributed by atoms with Gasteiger partial charge in [0.2, 0.25) is 0 Å². The van der Waals surface area contributed by atoms with Crippen molar-refractivity contribution >= 4 is 11.5 Å². The summed E-state index contributed by atoms with van der Waals surface area (Å²) in [7, 11) is 0. The molecule has 148 valence electrons. The van der Waals surface area contributed by atoms with Gasteiger partial charge in [-0.25, -0.2) is 0 Å². The van der Waals surface area contributed by atoms with E-state index in [1.165, 1.54) is 41.5 Å². The summed E-state index contributed by atoms with van der Waals surface area (Å²) in [6.07, 6.45) is 7.67. The molecule has 1 N–H and O–H groups in total. The fourth-order valence-electron chi connectivity index (χ4n) is 3.85. The molecule has 0 saturated carbocycles. The maximum Gasteiger partial charge on any atom is 0.303 e. The molecule has 0 atom stereocenters. The molecule has 1 aliphatic carbocycles. The third-order valence-corrected chi connectivity index (χ3v) is 5.39. The number of hydrogen-bond donors (Lipinski definition) is 1. The molecule has 1 aliphatic rings. The molecule has 0 radical (unpaired) electrons. The summed E-state index contributed by atoms with van der Waals surface area (Å²) in [5.41, 5.74) is 6.69. The van der Waals surface area contributed by atoms with Gasteiger partial charge in [0.15, 0.2) is 0 Å². The van der Waals surface area contributed by atoms with Gasteiger partial charge in [0.05, 0.1) is 0 Å². The molecular formula is C25H30O3. The maximum absolute atomic E-state index is 10.6. The third-order valence-electron chi connectivity index (χ3n) is 5.39. The van der Waals surface area contributed by atoms with Gasteiger partial charge in [0.1, 0.15) is 12.4 Å². The van der Waals surface area contributed by atoms with E-state index in [1.807, 2.05) is 24.3 Å². The smallest absolute Gasteiger partial charge is 0.303 e. The standard InChI is InChI=1S/C25H30O3/c1-19-7-5-10-21(17-19)24-11-4-2-3-9-22(24)18-28-23-15-13-20(14-16-23)8-6-12-25(26)27/h5,7,10,13-17H,2-4,6,8-9,11-12,18H2,1H3,(H,26,27). The molecule has 0 bridgehead atoms. The molecule has 0 aliphatic heterocycles. The summed E-state index contributed by atoms with van der Waals surface area (Å²) < 4.78 is 6.13. The van der Waals surface area contributed by atoms with Crippen molar-refractivity contribution in [2.75, 3.05) is 6.61 Å². The van der Waals surface area contributed by atoms with E-state index in [9.17, 15) is 4.79 Å². The van der Waals surface area contributed by atoms with Crippen molar-refractivity contribution in [1.82, 2.24) is 0 Å². The molecule has 28 heavy (non-hydrogen) atoms. The highest BCUT2D eigenvalue weighted by molar-refractivity contribution is 5.69. The first-order chi connectivity index (χ1) is 13.6. The number of carbonyl (C=O) groups is 1. The second-order valence-electron chi connectivity index (χ2n) is 7.69. The Balaban J connectivity index is 1.66. The van der Waals surface area contributed by atoms with Crippen LogP contribution in [0.15, 0.2) is 54.1 Å². The lowest BCUT2D eigenvalue weighted by atomic mass is 9.95. The summed E-state index contributed by atoms with van der Waals surface area (Å²) >= 11 is 0. The highest BCUT2D eigenvalue weighted by atomic mass is 16.5. The molecule has 0 amide bonds. The molecule has 2 aromatic rings. The van der Waals surface area contributed by atoms with E-state index in [0.717, 1.165) is 30.6 Å². The van der Waals surface area contributed by atoms with Gasteiger partial charge in [0.25, 0.3) is 0 Å². The lowest BCUT2D eigenvalue weighted by molar-refractivity contribution is -0.137. The van der Waals surface area contributed by atoms with Crippen LogP contribution in [0, 0.1) is 6.92 Å². The molecule has 0 unspecified atom stereocenters. The van der Waals surface area contributed by atoms with E-state index in [4.69, 9.17) is 9.84 Å². The van der Waals surface area contributed by atoms with Crippen LogP contribution in [0.3, 0.4) is 0 Å². The van der Waals surface area contributed by atoms with Gasteiger partial charge in [0, 0.05) is 6.42 Å². The second kappa shape index (κ2) is 10.1. The molecule has 2 aromatic carbocycles. The number of benzene rings is 2. The summed E-state index contributed by atoms with van der Waals surface area (Å²) in [6.45, 7) is 2.79. The van der Waals surface area contributed by atoms with Crippen molar-refractivity contribution in [2.45, 2.75) is 58.3 Å². The van der Waals surface area contributed by atoms with E-state index < -0.39 is 5.97 Å². The van der Waals surface area contributed by atoms with Gasteiger partial charge in [-0.05, 0) is 79.9 Å². The van der Waals surface area contributed by atoms with Crippen LogP contribution in [0.5, 0.6) is 5.75 Å². The molecule has 3 heteroatoms. The largest absolute Gasteiger partial charge is 0.489 e. The Hall–Kier alpha value is -2.55. The van der Waals surface area contributed by atoms with Crippen molar-refractivity contribution in [3.63, 3.8) is 0 Å². The van der Waals surface area contributed by atoms with Crippen LogP contribution < -0.4 is 4.74 Å². The number of carboxylic acid groups (broad SMARTS) is 1. The van der Waals surface area contributed by atoms with Gasteiger partial charge >= 0.3 is 5.97 Å². The average molecular weight is 379 g/mol. The summed E-state index contributed by atoms with van der Waals surface area (Å²) in [5.74, 6) is 0.142. The van der Waals surface area contributed by atoms with E-state index in [0.29, 0.717) is 13.0 Å². The Bertz CT molecular complexity index is 818. The molecule has 0 saturated heterocycles. The lowest BCUT2D eigenvalue weighted by Crippen LogP contribution is -2.04. The molecule has 3 rings (SSSR count). The van der Waals surface area contributed by atoms with Gasteiger partial charge < -0.3 is 9.84 Å². The first-order valence-corrected chi connectivity index (χ1v) is 10.3. The van der Waals surface area contributed by atoms with Crippen molar-refractivity contribution in [1.29, 1.82) is 0 Å². The Morgan fingerprint density at radius 2 is 1.82 bits per heavy atom. The number of hydrogen-bond acceptors (Lipinski definition) is 2. The summed E-state index contributed by atoms with van der Waals surface area (Å²) in [4.78, 5) is 10.6. The summed E-state index contributed by atoms with van der Waals surface area (Å²) in [6, 6.07) is 16.9. The van der Waals surface area contributed by atoms with Crippen LogP contribution >= 0.6 is 0 Å². The molecule has 0 spiro atoms. The topological polar surface area (TPSA) is 46.5 Å². The molecule has 0 fully saturated rings.